The number of rotatable bonds is 10. The molecule has 2 aromatic rings. The molecule has 2 atom stereocenters. The third-order valence-corrected chi connectivity index (χ3v) is 8.28. The fraction of sp³-hybridized carbons (Fsp3) is 0.424. The number of hydrogen-bond acceptors (Lipinski definition) is 6. The Kier molecular flexibility index (Phi) is 9.53. The number of esters is 1. The Morgan fingerprint density at radius 2 is 1.85 bits per heavy atom. The maximum Gasteiger partial charge on any atom is 0.315 e. The number of allylic oxidation sites excluding steroid dienone is 2. The third-order valence-electron chi connectivity index (χ3n) is 8.28. The van der Waals surface area contributed by atoms with Crippen molar-refractivity contribution in [3.8, 4) is 0 Å². The van der Waals surface area contributed by atoms with Crippen LogP contribution in [-0.2, 0) is 16.1 Å². The van der Waals surface area contributed by atoms with Gasteiger partial charge in [0.05, 0.1) is 12.0 Å². The van der Waals surface area contributed by atoms with E-state index in [2.05, 4.69) is 41.8 Å². The monoisotopic (exact) mass is 557 g/mol. The van der Waals surface area contributed by atoms with Crippen LogP contribution in [0.5, 0.6) is 0 Å². The summed E-state index contributed by atoms with van der Waals surface area (Å²) in [4.78, 5) is 50.9. The number of urea groups is 1. The van der Waals surface area contributed by atoms with Gasteiger partial charge in [-0.2, -0.15) is 0 Å². The zero-order valence-corrected chi connectivity index (χ0v) is 24.3. The Morgan fingerprint density at radius 3 is 2.59 bits per heavy atom. The summed E-state index contributed by atoms with van der Waals surface area (Å²) in [5.74, 6) is -1.81. The first kappa shape index (κ1) is 29.9. The quantitative estimate of drug-likeness (QED) is 0.190. The number of nitrogens with one attached hydrogen (secondary N) is 2. The van der Waals surface area contributed by atoms with E-state index in [1.54, 1.807) is 26.0 Å². The SMILES string of the molecule is Cc1ccc(N=O)c(C)c1C(=O)C[C@@H](CNC(=O)NC1CCC(C)(C)C2=C1C=CCC2)C(=O)OCc1ccccc1. The Labute approximate surface area is 241 Å². The van der Waals surface area contributed by atoms with Crippen molar-refractivity contribution in [3.05, 3.63) is 92.9 Å². The van der Waals surface area contributed by atoms with E-state index in [0.717, 1.165) is 31.2 Å². The largest absolute Gasteiger partial charge is 0.461 e. The minimum Gasteiger partial charge on any atom is -0.461 e. The molecule has 0 aliphatic heterocycles. The molecule has 0 aromatic heterocycles. The van der Waals surface area contributed by atoms with Crippen molar-refractivity contribution < 1.29 is 19.1 Å². The summed E-state index contributed by atoms with van der Waals surface area (Å²) in [5.41, 5.74) is 5.19. The number of Topliss-reactive ketones (excluding diaryl/α,β-unsaturated/α-hetero) is 1. The molecule has 2 amide bonds. The number of nitroso groups, excluding NO2 is 1. The number of nitrogens with zero attached hydrogens (tertiary/aromatic N) is 1. The normalized spacial score (nSPS) is 18.2. The van der Waals surface area contributed by atoms with Crippen LogP contribution < -0.4 is 10.6 Å². The predicted octanol–water partition coefficient (Wildman–Crippen LogP) is 6.77. The van der Waals surface area contributed by atoms with Gasteiger partial charge in [-0.25, -0.2) is 4.79 Å². The van der Waals surface area contributed by atoms with E-state index in [0.29, 0.717) is 16.7 Å². The van der Waals surface area contributed by atoms with E-state index in [1.165, 1.54) is 11.1 Å². The zero-order valence-electron chi connectivity index (χ0n) is 24.3. The Morgan fingerprint density at radius 1 is 1.10 bits per heavy atom. The molecule has 0 saturated heterocycles. The van der Waals surface area contributed by atoms with Gasteiger partial charge in [-0.3, -0.25) is 9.59 Å². The van der Waals surface area contributed by atoms with Gasteiger partial charge in [0.1, 0.15) is 12.3 Å². The molecule has 0 saturated carbocycles. The molecule has 0 radical (unpaired) electrons. The molecule has 2 N–H and O–H groups in total. The number of ether oxygens (including phenoxy) is 1. The van der Waals surface area contributed by atoms with E-state index < -0.39 is 17.9 Å². The lowest BCUT2D eigenvalue weighted by Crippen LogP contribution is -2.47. The second-order valence-corrected chi connectivity index (χ2v) is 11.6. The van der Waals surface area contributed by atoms with E-state index in [-0.39, 0.29) is 42.5 Å². The molecule has 2 aliphatic carbocycles. The topological polar surface area (TPSA) is 114 Å². The van der Waals surface area contributed by atoms with Crippen LogP contribution >= 0.6 is 0 Å². The molecule has 2 aromatic carbocycles. The summed E-state index contributed by atoms with van der Waals surface area (Å²) in [5, 5.41) is 8.92. The molecule has 41 heavy (non-hydrogen) atoms. The van der Waals surface area contributed by atoms with Gasteiger partial charge in [0.25, 0.3) is 0 Å². The first-order chi connectivity index (χ1) is 19.6. The van der Waals surface area contributed by atoms with E-state index in [4.69, 9.17) is 4.74 Å². The van der Waals surface area contributed by atoms with Crippen LogP contribution in [0.1, 0.15) is 73.0 Å². The summed E-state index contributed by atoms with van der Waals surface area (Å²) in [6.07, 6.45) is 7.89. The van der Waals surface area contributed by atoms with Crippen LogP contribution in [0.2, 0.25) is 0 Å². The lowest BCUT2D eigenvalue weighted by Gasteiger charge is -2.40. The molecular formula is C33H39N3O5. The molecular weight excluding hydrogens is 518 g/mol. The molecule has 8 heteroatoms. The van der Waals surface area contributed by atoms with Gasteiger partial charge in [0.15, 0.2) is 5.78 Å². The van der Waals surface area contributed by atoms with Crippen molar-refractivity contribution in [2.45, 2.75) is 72.4 Å². The summed E-state index contributed by atoms with van der Waals surface area (Å²) < 4.78 is 5.56. The molecule has 0 bridgehead atoms. The number of benzene rings is 2. The van der Waals surface area contributed by atoms with Crippen molar-refractivity contribution in [2.75, 3.05) is 6.54 Å². The second kappa shape index (κ2) is 13.1. The number of aryl methyl sites for hydroxylation is 1. The van der Waals surface area contributed by atoms with Gasteiger partial charge in [-0.1, -0.05) is 68.0 Å². The maximum absolute atomic E-state index is 13.4. The van der Waals surface area contributed by atoms with Crippen LogP contribution in [0.15, 0.2) is 70.9 Å². The highest BCUT2D eigenvalue weighted by Crippen LogP contribution is 2.44. The van der Waals surface area contributed by atoms with Crippen LogP contribution in [0.25, 0.3) is 0 Å². The maximum atomic E-state index is 13.4. The molecule has 4 rings (SSSR count). The number of carbonyl (C=O) groups is 3. The number of hydrogen-bond donors (Lipinski definition) is 2. The Balaban J connectivity index is 1.47. The lowest BCUT2D eigenvalue weighted by molar-refractivity contribution is -0.149. The molecule has 0 fully saturated rings. The number of ketones is 1. The fourth-order valence-corrected chi connectivity index (χ4v) is 5.90. The Hall–Kier alpha value is -4.07. The molecule has 1 unspecified atom stereocenters. The molecule has 0 spiro atoms. The first-order valence-electron chi connectivity index (χ1n) is 14.2. The van der Waals surface area contributed by atoms with Gasteiger partial charge in [-0.15, -0.1) is 4.91 Å². The standard InChI is InChI=1S/C33H39N3O5/c1-21-14-15-27(36-40)22(2)30(21)29(37)18-24(31(38)41-20-23-10-6-5-7-11-23)19-34-32(39)35-28-16-17-33(3,4)26-13-9-8-12-25(26)28/h5-8,10-12,14-15,24,28H,9,13,16-20H2,1-4H3,(H2,34,35,39)/t24-,28?/m0/s1. The molecule has 216 valence electrons. The highest BCUT2D eigenvalue weighted by atomic mass is 16.5. The van der Waals surface area contributed by atoms with Crippen LogP contribution in [0.3, 0.4) is 0 Å². The fourth-order valence-electron chi connectivity index (χ4n) is 5.90. The first-order valence-corrected chi connectivity index (χ1v) is 14.2. The van der Waals surface area contributed by atoms with Crippen molar-refractivity contribution in [1.82, 2.24) is 10.6 Å². The van der Waals surface area contributed by atoms with Crippen molar-refractivity contribution in [3.63, 3.8) is 0 Å². The third kappa shape index (κ3) is 7.17. The Bertz CT molecular complexity index is 1380. The van der Waals surface area contributed by atoms with E-state index >= 15 is 0 Å². The van der Waals surface area contributed by atoms with Gasteiger partial charge in [0.2, 0.25) is 0 Å². The van der Waals surface area contributed by atoms with Gasteiger partial charge in [-0.05, 0) is 78.5 Å². The lowest BCUT2D eigenvalue weighted by atomic mass is 9.68. The summed E-state index contributed by atoms with van der Waals surface area (Å²) >= 11 is 0. The summed E-state index contributed by atoms with van der Waals surface area (Å²) in [7, 11) is 0. The summed E-state index contributed by atoms with van der Waals surface area (Å²) in [6, 6.07) is 12.0. The van der Waals surface area contributed by atoms with Crippen LogP contribution in [-0.4, -0.2) is 30.4 Å². The minimum atomic E-state index is -0.918. The van der Waals surface area contributed by atoms with Gasteiger partial charge in [0, 0.05) is 18.5 Å². The predicted molar refractivity (Wildman–Crippen MR) is 159 cm³/mol. The average Bonchev–Trinajstić information content (AvgIpc) is 2.96. The van der Waals surface area contributed by atoms with Crippen molar-refractivity contribution in [1.29, 1.82) is 0 Å². The number of amides is 2. The summed E-state index contributed by atoms with van der Waals surface area (Å²) in [6.45, 7) is 7.93. The smallest absolute Gasteiger partial charge is 0.315 e. The molecule has 0 heterocycles. The molecule has 8 nitrogen and oxygen atoms in total. The van der Waals surface area contributed by atoms with E-state index in [1.807, 2.05) is 30.3 Å². The highest BCUT2D eigenvalue weighted by Gasteiger charge is 2.35. The van der Waals surface area contributed by atoms with Crippen LogP contribution in [0.4, 0.5) is 10.5 Å². The second-order valence-electron chi connectivity index (χ2n) is 11.6. The zero-order chi connectivity index (χ0) is 29.6. The number of carbonyl (C=O) groups excluding carboxylic acids is 3. The van der Waals surface area contributed by atoms with Crippen LogP contribution in [0, 0.1) is 30.1 Å². The average molecular weight is 558 g/mol. The van der Waals surface area contributed by atoms with Gasteiger partial charge < -0.3 is 15.4 Å². The highest BCUT2D eigenvalue weighted by molar-refractivity contribution is 6.01. The minimum absolute atomic E-state index is 0.0558. The van der Waals surface area contributed by atoms with Crippen molar-refractivity contribution in [2.24, 2.45) is 16.5 Å². The molecule has 2 aliphatic rings. The van der Waals surface area contributed by atoms with E-state index in [9.17, 15) is 19.3 Å². The van der Waals surface area contributed by atoms with Crippen molar-refractivity contribution >= 4 is 23.5 Å². The van der Waals surface area contributed by atoms with Gasteiger partial charge >= 0.3 is 12.0 Å².